The fraction of sp³-hybridized carbons (Fsp3) is 0.0769. The molecule has 0 fully saturated rings. The van der Waals surface area contributed by atoms with Crippen LogP contribution in [0.5, 0.6) is 0 Å². The van der Waals surface area contributed by atoms with Gasteiger partial charge in [-0.15, -0.1) is 0 Å². The van der Waals surface area contributed by atoms with Crippen molar-refractivity contribution in [2.24, 2.45) is 0 Å². The fourth-order valence-corrected chi connectivity index (χ4v) is 3.55. The Morgan fingerprint density at radius 1 is 0.882 bits per heavy atom. The predicted molar refractivity (Wildman–Crippen MR) is 124 cm³/mol. The van der Waals surface area contributed by atoms with Gasteiger partial charge in [0.25, 0.3) is 11.8 Å². The Morgan fingerprint density at radius 3 is 2.15 bits per heavy atom. The van der Waals surface area contributed by atoms with Gasteiger partial charge in [0, 0.05) is 23.8 Å². The highest BCUT2D eigenvalue weighted by molar-refractivity contribution is 6.11. The SMILES string of the molecule is Cc1ccccc1[C@H](C(=O)Nc1ccc(F)cc1)N(C(=O)c1cnccn1)c1ccc(F)cc1. The summed E-state index contributed by atoms with van der Waals surface area (Å²) < 4.78 is 27.1. The lowest BCUT2D eigenvalue weighted by Gasteiger charge is -2.32. The molecule has 8 heteroatoms. The number of benzene rings is 3. The Bertz CT molecular complexity index is 1300. The number of carbonyl (C=O) groups excluding carboxylic acids is 2. The largest absolute Gasteiger partial charge is 0.324 e. The van der Waals surface area contributed by atoms with Crippen molar-refractivity contribution in [3.8, 4) is 0 Å². The number of rotatable bonds is 6. The summed E-state index contributed by atoms with van der Waals surface area (Å²) in [5, 5.41) is 2.75. The Balaban J connectivity index is 1.85. The van der Waals surface area contributed by atoms with E-state index in [0.717, 1.165) is 5.56 Å². The van der Waals surface area contributed by atoms with Crippen LogP contribution < -0.4 is 10.2 Å². The molecule has 0 saturated carbocycles. The maximum Gasteiger partial charge on any atom is 0.279 e. The third-order valence-corrected chi connectivity index (χ3v) is 5.21. The van der Waals surface area contributed by atoms with E-state index in [4.69, 9.17) is 0 Å². The zero-order valence-electron chi connectivity index (χ0n) is 18.2. The number of nitrogens with zero attached hydrogens (tertiary/aromatic N) is 3. The van der Waals surface area contributed by atoms with E-state index in [9.17, 15) is 18.4 Å². The number of carbonyl (C=O) groups is 2. The summed E-state index contributed by atoms with van der Waals surface area (Å²) >= 11 is 0. The number of halogens is 2. The van der Waals surface area contributed by atoms with Crippen LogP contribution in [0.2, 0.25) is 0 Å². The van der Waals surface area contributed by atoms with Gasteiger partial charge in [0.15, 0.2) is 0 Å². The fourth-order valence-electron chi connectivity index (χ4n) is 3.55. The molecule has 2 amide bonds. The van der Waals surface area contributed by atoms with E-state index in [1.165, 1.54) is 72.0 Å². The van der Waals surface area contributed by atoms with Crippen molar-refractivity contribution < 1.29 is 18.4 Å². The van der Waals surface area contributed by atoms with Gasteiger partial charge < -0.3 is 5.32 Å². The van der Waals surface area contributed by atoms with Crippen LogP contribution in [-0.2, 0) is 4.79 Å². The molecule has 0 bridgehead atoms. The van der Waals surface area contributed by atoms with Crippen molar-refractivity contribution in [1.82, 2.24) is 9.97 Å². The molecule has 0 unspecified atom stereocenters. The number of hydrogen-bond acceptors (Lipinski definition) is 4. The highest BCUT2D eigenvalue weighted by Gasteiger charge is 2.35. The number of amides is 2. The molecule has 170 valence electrons. The smallest absolute Gasteiger partial charge is 0.279 e. The molecule has 1 N–H and O–H groups in total. The van der Waals surface area contributed by atoms with Crippen LogP contribution in [0.4, 0.5) is 20.2 Å². The summed E-state index contributed by atoms with van der Waals surface area (Å²) in [7, 11) is 0. The van der Waals surface area contributed by atoms with Gasteiger partial charge in [0.1, 0.15) is 23.4 Å². The quantitative estimate of drug-likeness (QED) is 0.437. The maximum absolute atomic E-state index is 13.7. The molecule has 0 aliphatic rings. The summed E-state index contributed by atoms with van der Waals surface area (Å²) in [6.07, 6.45) is 4.10. The molecule has 1 aromatic heterocycles. The highest BCUT2D eigenvalue weighted by Crippen LogP contribution is 2.32. The minimum absolute atomic E-state index is 0.0139. The normalized spacial score (nSPS) is 11.5. The van der Waals surface area contributed by atoms with Crippen molar-refractivity contribution >= 4 is 23.2 Å². The lowest BCUT2D eigenvalue weighted by Crippen LogP contribution is -2.42. The van der Waals surface area contributed by atoms with Gasteiger partial charge >= 0.3 is 0 Å². The number of nitrogens with one attached hydrogen (secondary N) is 1. The first-order chi connectivity index (χ1) is 16.4. The Kier molecular flexibility index (Phi) is 6.68. The van der Waals surface area contributed by atoms with E-state index in [0.29, 0.717) is 16.9 Å². The van der Waals surface area contributed by atoms with Crippen LogP contribution >= 0.6 is 0 Å². The van der Waals surface area contributed by atoms with Crippen molar-refractivity contribution in [2.45, 2.75) is 13.0 Å². The molecule has 1 atom stereocenters. The lowest BCUT2D eigenvalue weighted by atomic mass is 9.97. The molecular weight excluding hydrogens is 438 g/mol. The van der Waals surface area contributed by atoms with E-state index >= 15 is 0 Å². The third kappa shape index (κ3) is 4.96. The molecule has 4 rings (SSSR count). The predicted octanol–water partition coefficient (Wildman–Crippen LogP) is 5.09. The van der Waals surface area contributed by atoms with Crippen molar-refractivity contribution in [3.05, 3.63) is 120 Å². The van der Waals surface area contributed by atoms with E-state index in [1.807, 2.05) is 19.1 Å². The molecule has 0 aliphatic carbocycles. The Hall–Kier alpha value is -4.46. The van der Waals surface area contributed by atoms with Crippen LogP contribution in [0.25, 0.3) is 0 Å². The Morgan fingerprint density at radius 2 is 1.53 bits per heavy atom. The number of anilines is 2. The van der Waals surface area contributed by atoms with Crippen molar-refractivity contribution in [1.29, 1.82) is 0 Å². The van der Waals surface area contributed by atoms with Gasteiger partial charge in [-0.3, -0.25) is 19.5 Å². The number of aryl methyl sites for hydroxylation is 1. The minimum Gasteiger partial charge on any atom is -0.324 e. The number of hydrogen-bond donors (Lipinski definition) is 1. The van der Waals surface area contributed by atoms with Gasteiger partial charge in [-0.1, -0.05) is 24.3 Å². The molecule has 0 saturated heterocycles. The van der Waals surface area contributed by atoms with Crippen LogP contribution in [0, 0.1) is 18.6 Å². The second kappa shape index (κ2) is 9.99. The standard InChI is InChI=1S/C26H20F2N4O2/c1-17-4-2-3-5-22(17)24(25(33)31-20-10-6-18(27)7-11-20)32(21-12-8-19(28)9-13-21)26(34)23-16-29-14-15-30-23/h2-16,24H,1H3,(H,31,33)/t24-/m1/s1. The van der Waals surface area contributed by atoms with Gasteiger partial charge in [0.2, 0.25) is 0 Å². The highest BCUT2D eigenvalue weighted by atomic mass is 19.1. The van der Waals surface area contributed by atoms with Crippen LogP contribution in [0.1, 0.15) is 27.7 Å². The Labute approximate surface area is 194 Å². The zero-order valence-corrected chi connectivity index (χ0v) is 18.2. The second-order valence-electron chi connectivity index (χ2n) is 7.50. The number of aromatic nitrogens is 2. The van der Waals surface area contributed by atoms with Gasteiger partial charge in [-0.25, -0.2) is 13.8 Å². The minimum atomic E-state index is -1.15. The third-order valence-electron chi connectivity index (χ3n) is 5.21. The molecule has 0 aliphatic heterocycles. The van der Waals surface area contributed by atoms with Crippen molar-refractivity contribution in [3.63, 3.8) is 0 Å². The maximum atomic E-state index is 13.7. The first-order valence-electron chi connectivity index (χ1n) is 10.4. The molecule has 0 spiro atoms. The first-order valence-corrected chi connectivity index (χ1v) is 10.4. The lowest BCUT2D eigenvalue weighted by molar-refractivity contribution is -0.117. The van der Waals surface area contributed by atoms with Gasteiger partial charge in [-0.05, 0) is 66.6 Å². The first kappa shape index (κ1) is 22.7. The molecular formula is C26H20F2N4O2. The average Bonchev–Trinajstić information content (AvgIpc) is 2.85. The monoisotopic (exact) mass is 458 g/mol. The van der Waals surface area contributed by atoms with Gasteiger partial charge in [0.05, 0.1) is 6.20 Å². The zero-order chi connectivity index (χ0) is 24.1. The summed E-state index contributed by atoms with van der Waals surface area (Å²) in [5.74, 6) is -2.07. The second-order valence-corrected chi connectivity index (χ2v) is 7.50. The summed E-state index contributed by atoms with van der Waals surface area (Å²) in [6.45, 7) is 1.82. The van der Waals surface area contributed by atoms with E-state index < -0.39 is 29.5 Å². The molecule has 4 aromatic rings. The molecule has 0 radical (unpaired) electrons. The van der Waals surface area contributed by atoms with Crippen LogP contribution in [0.3, 0.4) is 0 Å². The van der Waals surface area contributed by atoms with E-state index in [2.05, 4.69) is 15.3 Å². The summed E-state index contributed by atoms with van der Waals surface area (Å²) in [4.78, 5) is 36.6. The topological polar surface area (TPSA) is 75.2 Å². The van der Waals surface area contributed by atoms with E-state index in [-0.39, 0.29) is 5.69 Å². The summed E-state index contributed by atoms with van der Waals surface area (Å²) in [5.41, 5.74) is 1.99. The average molecular weight is 458 g/mol. The van der Waals surface area contributed by atoms with Crippen molar-refractivity contribution in [2.75, 3.05) is 10.2 Å². The molecule has 3 aromatic carbocycles. The van der Waals surface area contributed by atoms with Crippen LogP contribution in [0.15, 0.2) is 91.4 Å². The van der Waals surface area contributed by atoms with Gasteiger partial charge in [-0.2, -0.15) is 0 Å². The summed E-state index contributed by atoms with van der Waals surface area (Å²) in [6, 6.07) is 16.5. The van der Waals surface area contributed by atoms with E-state index in [1.54, 1.807) is 12.1 Å². The molecule has 1 heterocycles. The molecule has 34 heavy (non-hydrogen) atoms. The van der Waals surface area contributed by atoms with Crippen LogP contribution in [-0.4, -0.2) is 21.8 Å². The molecule has 6 nitrogen and oxygen atoms in total.